The first kappa shape index (κ1) is 24.4. The average Bonchev–Trinajstić information content (AvgIpc) is 2.80. The van der Waals surface area contributed by atoms with Gasteiger partial charge in [-0.25, -0.2) is 13.8 Å². The van der Waals surface area contributed by atoms with Gasteiger partial charge in [0.15, 0.2) is 0 Å². The summed E-state index contributed by atoms with van der Waals surface area (Å²) in [5.74, 6) is 0.0870. The van der Waals surface area contributed by atoms with Gasteiger partial charge in [-0.3, -0.25) is 4.79 Å². The second kappa shape index (κ2) is 11.1. The molecule has 0 saturated heterocycles. The summed E-state index contributed by atoms with van der Waals surface area (Å²) in [6.07, 6.45) is 1.46. The quantitative estimate of drug-likeness (QED) is 0.366. The van der Waals surface area contributed by atoms with Gasteiger partial charge in [-0.2, -0.15) is 9.41 Å². The van der Waals surface area contributed by atoms with Crippen LogP contribution >= 0.6 is 11.6 Å². The van der Waals surface area contributed by atoms with Gasteiger partial charge in [0.1, 0.15) is 5.75 Å². The van der Waals surface area contributed by atoms with Crippen molar-refractivity contribution in [3.05, 3.63) is 94.5 Å². The number of ether oxygens (including phenoxy) is 1. The second-order valence-corrected chi connectivity index (χ2v) is 9.60. The SMILES string of the molecule is COc1cccc(/C=N\NC(=O)CN(Cc2ccccc2C)S(=O)(=O)c2ccc(Cl)cc2)c1. The Balaban J connectivity index is 1.79. The van der Waals surface area contributed by atoms with Crippen LogP contribution in [0.4, 0.5) is 0 Å². The van der Waals surface area contributed by atoms with E-state index in [-0.39, 0.29) is 11.4 Å². The minimum absolute atomic E-state index is 0.0324. The standard InChI is InChI=1S/C24H24ClN3O4S/c1-18-6-3-4-8-20(18)16-28(33(30,31)23-12-10-21(25)11-13-23)17-24(29)27-26-15-19-7-5-9-22(14-19)32-2/h3-15H,16-17H2,1-2H3,(H,27,29)/b26-15-. The predicted molar refractivity (Wildman–Crippen MR) is 129 cm³/mol. The van der Waals surface area contributed by atoms with Crippen LogP contribution in [0.1, 0.15) is 16.7 Å². The number of nitrogens with zero attached hydrogens (tertiary/aromatic N) is 2. The molecule has 3 rings (SSSR count). The smallest absolute Gasteiger partial charge is 0.255 e. The van der Waals surface area contributed by atoms with Crippen LogP contribution in [-0.2, 0) is 21.4 Å². The van der Waals surface area contributed by atoms with Crippen LogP contribution in [0.5, 0.6) is 5.75 Å². The first-order valence-corrected chi connectivity index (χ1v) is 11.9. The third-order valence-corrected chi connectivity index (χ3v) is 6.93. The summed E-state index contributed by atoms with van der Waals surface area (Å²) < 4.78 is 32.9. The number of nitrogens with one attached hydrogen (secondary N) is 1. The number of hydrogen-bond acceptors (Lipinski definition) is 5. The third kappa shape index (κ3) is 6.64. The van der Waals surface area contributed by atoms with Crippen LogP contribution in [0.2, 0.25) is 5.02 Å². The van der Waals surface area contributed by atoms with Gasteiger partial charge in [-0.1, -0.05) is 48.0 Å². The molecule has 0 atom stereocenters. The number of methoxy groups -OCH3 is 1. The molecule has 0 aliphatic carbocycles. The summed E-state index contributed by atoms with van der Waals surface area (Å²) in [6, 6.07) is 20.4. The number of aryl methyl sites for hydroxylation is 1. The van der Waals surface area contributed by atoms with E-state index in [4.69, 9.17) is 16.3 Å². The number of carbonyl (C=O) groups excluding carboxylic acids is 1. The fourth-order valence-electron chi connectivity index (χ4n) is 3.06. The molecule has 3 aromatic rings. The number of amides is 1. The summed E-state index contributed by atoms with van der Waals surface area (Å²) in [5, 5.41) is 4.36. The number of benzene rings is 3. The lowest BCUT2D eigenvalue weighted by molar-refractivity contribution is -0.121. The monoisotopic (exact) mass is 485 g/mol. The maximum atomic E-state index is 13.3. The van der Waals surface area contributed by atoms with Crippen molar-refractivity contribution >= 4 is 33.7 Å². The van der Waals surface area contributed by atoms with Crippen molar-refractivity contribution in [2.24, 2.45) is 5.10 Å². The fraction of sp³-hybridized carbons (Fsp3) is 0.167. The molecule has 0 fully saturated rings. The zero-order valence-electron chi connectivity index (χ0n) is 18.2. The number of rotatable bonds is 9. The van der Waals surface area contributed by atoms with E-state index in [1.807, 2.05) is 31.2 Å². The molecule has 0 saturated carbocycles. The predicted octanol–water partition coefficient (Wildman–Crippen LogP) is 4.00. The summed E-state index contributed by atoms with van der Waals surface area (Å²) in [5.41, 5.74) is 4.83. The molecule has 0 radical (unpaired) electrons. The van der Waals surface area contributed by atoms with Crippen LogP contribution < -0.4 is 10.2 Å². The van der Waals surface area contributed by atoms with Crippen molar-refractivity contribution in [2.45, 2.75) is 18.4 Å². The van der Waals surface area contributed by atoms with Crippen LogP contribution in [0.25, 0.3) is 0 Å². The van der Waals surface area contributed by atoms with Gasteiger partial charge < -0.3 is 4.74 Å². The Morgan fingerprint density at radius 2 is 1.82 bits per heavy atom. The third-order valence-electron chi connectivity index (χ3n) is 4.88. The van der Waals surface area contributed by atoms with Crippen molar-refractivity contribution in [1.82, 2.24) is 9.73 Å². The molecule has 0 heterocycles. The maximum Gasteiger partial charge on any atom is 0.255 e. The number of carbonyl (C=O) groups is 1. The zero-order chi connectivity index (χ0) is 23.8. The van der Waals surface area contributed by atoms with Crippen LogP contribution in [-0.4, -0.2) is 38.5 Å². The summed E-state index contributed by atoms with van der Waals surface area (Å²) >= 11 is 5.91. The number of hydrazone groups is 1. The maximum absolute atomic E-state index is 13.3. The first-order valence-electron chi connectivity index (χ1n) is 10.1. The molecule has 9 heteroatoms. The van der Waals surface area contributed by atoms with Gasteiger partial charge in [0.2, 0.25) is 10.0 Å². The Morgan fingerprint density at radius 1 is 1.09 bits per heavy atom. The Hall–Kier alpha value is -3.20. The van der Waals surface area contributed by atoms with E-state index in [0.29, 0.717) is 10.8 Å². The molecule has 33 heavy (non-hydrogen) atoms. The summed E-state index contributed by atoms with van der Waals surface area (Å²) in [6.45, 7) is 1.51. The molecule has 0 aliphatic heterocycles. The van der Waals surface area contributed by atoms with Crippen molar-refractivity contribution in [3.8, 4) is 5.75 Å². The first-order chi connectivity index (χ1) is 15.8. The van der Waals surface area contributed by atoms with E-state index < -0.39 is 22.5 Å². The van der Waals surface area contributed by atoms with E-state index in [1.165, 1.54) is 30.5 Å². The molecule has 1 amide bonds. The highest BCUT2D eigenvalue weighted by Gasteiger charge is 2.27. The van der Waals surface area contributed by atoms with Crippen LogP contribution in [0, 0.1) is 6.92 Å². The Morgan fingerprint density at radius 3 is 2.52 bits per heavy atom. The van der Waals surface area contributed by atoms with Gasteiger partial charge in [0, 0.05) is 11.6 Å². The summed E-state index contributed by atoms with van der Waals surface area (Å²) in [4.78, 5) is 12.6. The molecular formula is C24H24ClN3O4S. The Labute approximate surface area is 198 Å². The van der Waals surface area contributed by atoms with Gasteiger partial charge in [-0.05, 0) is 60.0 Å². The molecule has 0 aliphatic rings. The molecule has 1 N–H and O–H groups in total. The average molecular weight is 486 g/mol. The van der Waals surface area contributed by atoms with Crippen molar-refractivity contribution in [2.75, 3.05) is 13.7 Å². The minimum atomic E-state index is -3.97. The summed E-state index contributed by atoms with van der Waals surface area (Å²) in [7, 11) is -2.41. The van der Waals surface area contributed by atoms with E-state index in [2.05, 4.69) is 10.5 Å². The van der Waals surface area contributed by atoms with Crippen molar-refractivity contribution in [1.29, 1.82) is 0 Å². The van der Waals surface area contributed by atoms with E-state index in [0.717, 1.165) is 21.0 Å². The molecule has 0 aromatic heterocycles. The Kier molecular flexibility index (Phi) is 8.21. The van der Waals surface area contributed by atoms with Gasteiger partial charge >= 0.3 is 0 Å². The molecule has 172 valence electrons. The molecule has 3 aromatic carbocycles. The highest BCUT2D eigenvalue weighted by Crippen LogP contribution is 2.21. The largest absolute Gasteiger partial charge is 0.497 e. The molecule has 7 nitrogen and oxygen atoms in total. The van der Waals surface area contributed by atoms with Crippen LogP contribution in [0.15, 0.2) is 82.8 Å². The second-order valence-electron chi connectivity index (χ2n) is 7.22. The van der Waals surface area contributed by atoms with Gasteiger partial charge in [0.25, 0.3) is 5.91 Å². The highest BCUT2D eigenvalue weighted by molar-refractivity contribution is 7.89. The van der Waals surface area contributed by atoms with E-state index >= 15 is 0 Å². The topological polar surface area (TPSA) is 88.1 Å². The van der Waals surface area contributed by atoms with Crippen LogP contribution in [0.3, 0.4) is 0 Å². The zero-order valence-corrected chi connectivity index (χ0v) is 19.8. The van der Waals surface area contributed by atoms with Gasteiger partial charge in [-0.15, -0.1) is 0 Å². The molecular weight excluding hydrogens is 462 g/mol. The van der Waals surface area contributed by atoms with Gasteiger partial charge in [0.05, 0.1) is 24.8 Å². The number of halogens is 1. The molecule has 0 unspecified atom stereocenters. The fourth-order valence-corrected chi connectivity index (χ4v) is 4.56. The number of sulfonamides is 1. The highest BCUT2D eigenvalue weighted by atomic mass is 35.5. The Bertz CT molecular complexity index is 1240. The number of hydrogen-bond donors (Lipinski definition) is 1. The van der Waals surface area contributed by atoms with Crippen molar-refractivity contribution < 1.29 is 17.9 Å². The van der Waals surface area contributed by atoms with E-state index in [1.54, 1.807) is 31.4 Å². The van der Waals surface area contributed by atoms with Crippen molar-refractivity contribution in [3.63, 3.8) is 0 Å². The molecule has 0 spiro atoms. The lowest BCUT2D eigenvalue weighted by Crippen LogP contribution is -2.39. The molecule has 0 bridgehead atoms. The normalized spacial score (nSPS) is 11.6. The minimum Gasteiger partial charge on any atom is -0.497 e. The lowest BCUT2D eigenvalue weighted by atomic mass is 10.1. The lowest BCUT2D eigenvalue weighted by Gasteiger charge is -2.22. The van der Waals surface area contributed by atoms with E-state index in [9.17, 15) is 13.2 Å².